The van der Waals surface area contributed by atoms with Gasteiger partial charge in [-0.15, -0.1) is 0 Å². The highest BCUT2D eigenvalue weighted by molar-refractivity contribution is 7.99. The van der Waals surface area contributed by atoms with E-state index in [2.05, 4.69) is 29.6 Å². The fraction of sp³-hybridized carbons (Fsp3) is 0.625. The van der Waals surface area contributed by atoms with E-state index in [-0.39, 0.29) is 0 Å². The van der Waals surface area contributed by atoms with Crippen molar-refractivity contribution in [3.05, 3.63) is 35.4 Å². The molecule has 1 aliphatic carbocycles. The Labute approximate surface area is 121 Å². The quantitative estimate of drug-likeness (QED) is 0.718. The predicted molar refractivity (Wildman–Crippen MR) is 84.0 cm³/mol. The topological polar surface area (TPSA) is 32.3 Å². The highest BCUT2D eigenvalue weighted by Crippen LogP contribution is 2.30. The Kier molecular flexibility index (Phi) is 6.75. The van der Waals surface area contributed by atoms with Crippen molar-refractivity contribution < 1.29 is 5.11 Å². The highest BCUT2D eigenvalue weighted by Gasteiger charge is 2.18. The van der Waals surface area contributed by atoms with Gasteiger partial charge >= 0.3 is 0 Å². The Morgan fingerprint density at radius 3 is 3.05 bits per heavy atom. The van der Waals surface area contributed by atoms with Crippen molar-refractivity contribution in [2.75, 3.05) is 31.2 Å². The summed E-state index contributed by atoms with van der Waals surface area (Å²) in [5.74, 6) is 2.92. The first-order valence-corrected chi connectivity index (χ1v) is 8.54. The molecule has 1 unspecified atom stereocenters. The van der Waals surface area contributed by atoms with Crippen molar-refractivity contribution in [2.24, 2.45) is 0 Å². The van der Waals surface area contributed by atoms with Gasteiger partial charge in [0.05, 0.1) is 0 Å². The third kappa shape index (κ3) is 4.83. The van der Waals surface area contributed by atoms with Crippen LogP contribution < -0.4 is 5.32 Å². The summed E-state index contributed by atoms with van der Waals surface area (Å²) < 4.78 is 0. The summed E-state index contributed by atoms with van der Waals surface area (Å²) >= 11 is 1.93. The Balaban J connectivity index is 1.67. The van der Waals surface area contributed by atoms with Crippen molar-refractivity contribution in [3.63, 3.8) is 0 Å². The molecule has 2 N–H and O–H groups in total. The second-order valence-corrected chi connectivity index (χ2v) is 6.41. The molecule has 2 nitrogen and oxygen atoms in total. The normalized spacial score (nSPS) is 18.3. The van der Waals surface area contributed by atoms with Crippen LogP contribution in [0.3, 0.4) is 0 Å². The maximum Gasteiger partial charge on any atom is 0.0438 e. The van der Waals surface area contributed by atoms with Crippen molar-refractivity contribution >= 4 is 11.8 Å². The molecule has 0 saturated heterocycles. The van der Waals surface area contributed by atoms with Gasteiger partial charge in [0.15, 0.2) is 0 Å². The Bertz CT molecular complexity index is 370. The standard InChI is InChI=1S/C16H25NOS/c18-10-4-11-19-12-9-17-13-15-7-3-6-14-5-1-2-8-16(14)15/h1-2,5,8,15,17-18H,3-4,6-7,9-13H2. The second-order valence-electron chi connectivity index (χ2n) is 5.18. The monoisotopic (exact) mass is 279 g/mol. The van der Waals surface area contributed by atoms with E-state index in [0.29, 0.717) is 12.5 Å². The van der Waals surface area contributed by atoms with Crippen LogP contribution in [0, 0.1) is 0 Å². The summed E-state index contributed by atoms with van der Waals surface area (Å²) in [5, 5.41) is 12.3. The molecule has 1 aromatic carbocycles. The minimum absolute atomic E-state index is 0.319. The molecule has 1 aromatic rings. The molecule has 1 atom stereocenters. The Morgan fingerprint density at radius 2 is 2.16 bits per heavy atom. The first-order valence-electron chi connectivity index (χ1n) is 7.39. The van der Waals surface area contributed by atoms with E-state index in [4.69, 9.17) is 5.11 Å². The number of benzene rings is 1. The number of nitrogens with one attached hydrogen (secondary N) is 1. The molecule has 0 spiro atoms. The van der Waals surface area contributed by atoms with Crippen LogP contribution in [0.25, 0.3) is 0 Å². The third-order valence-electron chi connectivity index (χ3n) is 3.75. The summed E-state index contributed by atoms with van der Waals surface area (Å²) in [6.45, 7) is 2.51. The van der Waals surface area contributed by atoms with Gasteiger partial charge in [0.2, 0.25) is 0 Å². The SMILES string of the molecule is OCCCSCCNCC1CCCc2ccccc21. The first-order chi connectivity index (χ1) is 9.42. The van der Waals surface area contributed by atoms with Crippen LogP contribution in [0.15, 0.2) is 24.3 Å². The largest absolute Gasteiger partial charge is 0.396 e. The van der Waals surface area contributed by atoms with E-state index in [0.717, 1.165) is 31.0 Å². The molecule has 0 aliphatic heterocycles. The lowest BCUT2D eigenvalue weighted by Crippen LogP contribution is -2.26. The van der Waals surface area contributed by atoms with Gasteiger partial charge in [-0.25, -0.2) is 0 Å². The van der Waals surface area contributed by atoms with Gasteiger partial charge in [-0.1, -0.05) is 24.3 Å². The second kappa shape index (κ2) is 8.62. The number of hydrogen-bond acceptors (Lipinski definition) is 3. The van der Waals surface area contributed by atoms with Gasteiger partial charge in [0, 0.05) is 25.4 Å². The number of fused-ring (bicyclic) bond motifs is 1. The van der Waals surface area contributed by atoms with E-state index in [1.807, 2.05) is 11.8 Å². The first kappa shape index (κ1) is 14.9. The molecule has 0 aromatic heterocycles. The average molecular weight is 279 g/mol. The molecular formula is C16H25NOS. The van der Waals surface area contributed by atoms with Crippen LogP contribution >= 0.6 is 11.8 Å². The fourth-order valence-corrected chi connectivity index (χ4v) is 3.58. The Hall–Kier alpha value is -0.510. The molecule has 2 rings (SSSR count). The van der Waals surface area contributed by atoms with Crippen LogP contribution in [0.2, 0.25) is 0 Å². The molecule has 0 radical (unpaired) electrons. The summed E-state index contributed by atoms with van der Waals surface area (Å²) in [6.07, 6.45) is 4.82. The number of thioether (sulfide) groups is 1. The molecule has 3 heteroatoms. The fourth-order valence-electron chi connectivity index (χ4n) is 2.76. The van der Waals surface area contributed by atoms with Gasteiger partial charge in [-0.3, -0.25) is 0 Å². The summed E-state index contributed by atoms with van der Waals surface area (Å²) in [4.78, 5) is 0. The zero-order valence-electron chi connectivity index (χ0n) is 11.6. The smallest absolute Gasteiger partial charge is 0.0438 e. The van der Waals surface area contributed by atoms with Crippen molar-refractivity contribution in [1.29, 1.82) is 0 Å². The third-order valence-corrected chi connectivity index (χ3v) is 4.82. The molecule has 0 heterocycles. The molecule has 0 fully saturated rings. The lowest BCUT2D eigenvalue weighted by Gasteiger charge is -2.25. The van der Waals surface area contributed by atoms with Gasteiger partial charge in [0.25, 0.3) is 0 Å². The lowest BCUT2D eigenvalue weighted by atomic mass is 9.83. The molecule has 106 valence electrons. The van der Waals surface area contributed by atoms with Crippen molar-refractivity contribution in [2.45, 2.75) is 31.6 Å². The van der Waals surface area contributed by atoms with Gasteiger partial charge in [-0.2, -0.15) is 11.8 Å². The molecule has 19 heavy (non-hydrogen) atoms. The van der Waals surface area contributed by atoms with Gasteiger partial charge in [0.1, 0.15) is 0 Å². The van der Waals surface area contributed by atoms with Gasteiger partial charge in [-0.05, 0) is 48.5 Å². The molecule has 0 amide bonds. The van der Waals surface area contributed by atoms with Crippen LogP contribution in [-0.2, 0) is 6.42 Å². The summed E-state index contributed by atoms with van der Waals surface area (Å²) in [5.41, 5.74) is 3.12. The van der Waals surface area contributed by atoms with Crippen LogP contribution in [0.4, 0.5) is 0 Å². The molecule has 0 bridgehead atoms. The van der Waals surface area contributed by atoms with Crippen molar-refractivity contribution in [3.8, 4) is 0 Å². The number of rotatable bonds is 8. The van der Waals surface area contributed by atoms with Crippen LogP contribution in [0.5, 0.6) is 0 Å². The van der Waals surface area contributed by atoms with E-state index >= 15 is 0 Å². The molecule has 0 saturated carbocycles. The maximum atomic E-state index is 8.70. The zero-order valence-corrected chi connectivity index (χ0v) is 12.4. The number of aryl methyl sites for hydroxylation is 1. The number of hydrogen-bond donors (Lipinski definition) is 2. The van der Waals surface area contributed by atoms with E-state index in [9.17, 15) is 0 Å². The lowest BCUT2D eigenvalue weighted by molar-refractivity contribution is 0.296. The Morgan fingerprint density at radius 1 is 1.26 bits per heavy atom. The number of aliphatic hydroxyl groups is 1. The predicted octanol–water partition coefficient (Wildman–Crippen LogP) is 2.81. The average Bonchev–Trinajstić information content (AvgIpc) is 2.46. The molecular weight excluding hydrogens is 254 g/mol. The van der Waals surface area contributed by atoms with Crippen molar-refractivity contribution in [1.82, 2.24) is 5.32 Å². The summed E-state index contributed by atoms with van der Waals surface area (Å²) in [7, 11) is 0. The zero-order chi connectivity index (χ0) is 13.3. The summed E-state index contributed by atoms with van der Waals surface area (Å²) in [6, 6.07) is 8.91. The van der Waals surface area contributed by atoms with E-state index < -0.39 is 0 Å². The maximum absolute atomic E-state index is 8.70. The minimum Gasteiger partial charge on any atom is -0.396 e. The minimum atomic E-state index is 0.319. The van der Waals surface area contributed by atoms with Gasteiger partial charge < -0.3 is 10.4 Å². The van der Waals surface area contributed by atoms with E-state index in [1.54, 1.807) is 11.1 Å². The van der Waals surface area contributed by atoms with E-state index in [1.165, 1.54) is 19.3 Å². The number of aliphatic hydroxyl groups excluding tert-OH is 1. The molecule has 1 aliphatic rings. The van der Waals surface area contributed by atoms with Crippen LogP contribution in [-0.4, -0.2) is 36.3 Å². The van der Waals surface area contributed by atoms with Crippen LogP contribution in [0.1, 0.15) is 36.3 Å². The highest BCUT2D eigenvalue weighted by atomic mass is 32.2.